The first-order valence-electron chi connectivity index (χ1n) is 6.91. The van der Waals surface area contributed by atoms with Crippen LogP contribution in [0, 0.1) is 0 Å². The average molecular weight is 263 g/mol. The van der Waals surface area contributed by atoms with Gasteiger partial charge in [-0.05, 0) is 32.2 Å². The summed E-state index contributed by atoms with van der Waals surface area (Å²) < 4.78 is 17.6. The van der Waals surface area contributed by atoms with Crippen molar-refractivity contribution in [3.8, 4) is 0 Å². The molecule has 1 N–H and O–H groups in total. The second-order valence-electron chi connectivity index (χ2n) is 4.03. The Hall–Kier alpha value is 0.0569. The molecule has 5 heteroatoms. The molecule has 0 aliphatic rings. The Bertz CT molecular complexity index is 132. The fourth-order valence-electron chi connectivity index (χ4n) is 1.27. The lowest BCUT2D eigenvalue weighted by molar-refractivity contribution is 0.0484. The summed E-state index contributed by atoms with van der Waals surface area (Å²) in [7, 11) is -2.63. The SMILES string of the molecule is CCCN[Si](OCCC)(OCCC)OCCC. The molecule has 0 rings (SSSR count). The molecule has 0 unspecified atom stereocenters. The number of nitrogens with one attached hydrogen (secondary N) is 1. The van der Waals surface area contributed by atoms with Gasteiger partial charge >= 0.3 is 8.97 Å². The molecule has 0 radical (unpaired) electrons. The van der Waals surface area contributed by atoms with Crippen LogP contribution in [0.1, 0.15) is 53.4 Å². The topological polar surface area (TPSA) is 39.7 Å². The second-order valence-corrected chi connectivity index (χ2v) is 6.36. The Balaban J connectivity index is 4.39. The van der Waals surface area contributed by atoms with Gasteiger partial charge in [0.05, 0.1) is 0 Å². The molecule has 0 saturated carbocycles. The van der Waals surface area contributed by atoms with Crippen LogP contribution in [0.3, 0.4) is 0 Å². The molecule has 0 spiro atoms. The maximum atomic E-state index is 5.87. The predicted octanol–water partition coefficient (Wildman–Crippen LogP) is 2.70. The molecule has 0 saturated heterocycles. The van der Waals surface area contributed by atoms with Crippen LogP contribution in [0.2, 0.25) is 0 Å². The zero-order chi connectivity index (χ0) is 13.0. The minimum absolute atomic E-state index is 0.691. The van der Waals surface area contributed by atoms with E-state index >= 15 is 0 Å². The lowest BCUT2D eigenvalue weighted by atomic mass is 10.5. The Kier molecular flexibility index (Phi) is 11.2. The van der Waals surface area contributed by atoms with Gasteiger partial charge in [-0.1, -0.05) is 27.7 Å². The smallest absolute Gasteiger partial charge is 0.361 e. The van der Waals surface area contributed by atoms with Crippen LogP contribution in [0.25, 0.3) is 0 Å². The van der Waals surface area contributed by atoms with Gasteiger partial charge in [0.25, 0.3) is 0 Å². The van der Waals surface area contributed by atoms with Crippen molar-refractivity contribution in [1.82, 2.24) is 4.98 Å². The largest absolute Gasteiger partial charge is 0.596 e. The van der Waals surface area contributed by atoms with Gasteiger partial charge in [0.1, 0.15) is 0 Å². The highest BCUT2D eigenvalue weighted by molar-refractivity contribution is 6.57. The molecule has 4 nitrogen and oxygen atoms in total. The highest BCUT2D eigenvalue weighted by Crippen LogP contribution is 2.08. The highest BCUT2D eigenvalue weighted by Gasteiger charge is 2.41. The molecular formula is C12H29NO3Si. The van der Waals surface area contributed by atoms with E-state index in [1.54, 1.807) is 0 Å². The zero-order valence-electron chi connectivity index (χ0n) is 11.9. The minimum atomic E-state index is -2.63. The van der Waals surface area contributed by atoms with Crippen molar-refractivity contribution < 1.29 is 13.3 Å². The van der Waals surface area contributed by atoms with Gasteiger partial charge < -0.3 is 13.3 Å². The van der Waals surface area contributed by atoms with E-state index in [1.165, 1.54) is 0 Å². The molecule has 0 aliphatic carbocycles. The first-order chi connectivity index (χ1) is 8.24. The monoisotopic (exact) mass is 263 g/mol. The van der Waals surface area contributed by atoms with Gasteiger partial charge in [-0.15, -0.1) is 0 Å². The van der Waals surface area contributed by atoms with Gasteiger partial charge in [-0.3, -0.25) is 4.98 Å². The van der Waals surface area contributed by atoms with Gasteiger partial charge in [0, 0.05) is 19.8 Å². The summed E-state index contributed by atoms with van der Waals surface area (Å²) in [5.41, 5.74) is 0. The molecule has 0 heterocycles. The van der Waals surface area contributed by atoms with E-state index in [1.807, 2.05) is 0 Å². The molecule has 0 atom stereocenters. The number of hydrogen-bond donors (Lipinski definition) is 1. The van der Waals surface area contributed by atoms with Crippen molar-refractivity contribution >= 4 is 8.97 Å². The number of rotatable bonds is 12. The highest BCUT2D eigenvalue weighted by atomic mass is 28.4. The molecule has 17 heavy (non-hydrogen) atoms. The van der Waals surface area contributed by atoms with Crippen LogP contribution in [-0.2, 0) is 13.3 Å². The fourth-order valence-corrected chi connectivity index (χ4v) is 3.80. The summed E-state index contributed by atoms with van der Waals surface area (Å²) >= 11 is 0. The minimum Gasteiger partial charge on any atom is -0.361 e. The molecule has 0 aromatic rings. The molecule has 0 aromatic carbocycles. The van der Waals surface area contributed by atoms with E-state index in [9.17, 15) is 0 Å². The van der Waals surface area contributed by atoms with Crippen molar-refractivity contribution in [2.24, 2.45) is 0 Å². The van der Waals surface area contributed by atoms with E-state index in [0.29, 0.717) is 19.8 Å². The van der Waals surface area contributed by atoms with E-state index in [4.69, 9.17) is 13.3 Å². The summed E-state index contributed by atoms with van der Waals surface area (Å²) in [6, 6.07) is 0. The molecule has 0 aliphatic heterocycles. The third-order valence-corrected chi connectivity index (χ3v) is 4.52. The predicted molar refractivity (Wildman–Crippen MR) is 72.8 cm³/mol. The first kappa shape index (κ1) is 17.1. The Morgan fingerprint density at radius 2 is 1.12 bits per heavy atom. The molecule has 0 amide bonds. The third kappa shape index (κ3) is 7.89. The van der Waals surface area contributed by atoms with Gasteiger partial charge in [-0.25, -0.2) is 0 Å². The standard InChI is InChI=1S/C12H29NO3Si/c1-5-9-13-17(14-10-6-2,15-11-7-3)16-12-8-4/h13H,5-12H2,1-4H3. The van der Waals surface area contributed by atoms with E-state index in [2.05, 4.69) is 32.7 Å². The summed E-state index contributed by atoms with van der Waals surface area (Å²) in [5, 5.41) is 0. The van der Waals surface area contributed by atoms with E-state index in [0.717, 1.165) is 32.2 Å². The van der Waals surface area contributed by atoms with Crippen LogP contribution in [0.4, 0.5) is 0 Å². The fraction of sp³-hybridized carbons (Fsp3) is 1.00. The Morgan fingerprint density at radius 3 is 1.41 bits per heavy atom. The zero-order valence-corrected chi connectivity index (χ0v) is 12.9. The molecule has 0 aromatic heterocycles. The van der Waals surface area contributed by atoms with Crippen molar-refractivity contribution in [3.63, 3.8) is 0 Å². The van der Waals surface area contributed by atoms with Crippen LogP contribution < -0.4 is 4.98 Å². The normalized spacial score (nSPS) is 12.0. The summed E-state index contributed by atoms with van der Waals surface area (Å²) in [6.07, 6.45) is 3.99. The van der Waals surface area contributed by atoms with Gasteiger partial charge in [0.15, 0.2) is 0 Å². The third-order valence-electron chi connectivity index (χ3n) is 2.08. The summed E-state index contributed by atoms with van der Waals surface area (Å²) in [5.74, 6) is 0. The summed E-state index contributed by atoms with van der Waals surface area (Å²) in [4.78, 5) is 3.36. The molecule has 104 valence electrons. The molecule has 0 fully saturated rings. The number of hydrogen-bond acceptors (Lipinski definition) is 4. The quantitative estimate of drug-likeness (QED) is 0.550. The lowest BCUT2D eigenvalue weighted by Crippen LogP contribution is -2.59. The van der Waals surface area contributed by atoms with Crippen molar-refractivity contribution in [2.75, 3.05) is 26.4 Å². The van der Waals surface area contributed by atoms with Crippen molar-refractivity contribution in [2.45, 2.75) is 53.4 Å². The van der Waals surface area contributed by atoms with Crippen LogP contribution >= 0.6 is 0 Å². The van der Waals surface area contributed by atoms with Gasteiger partial charge in [0.2, 0.25) is 0 Å². The van der Waals surface area contributed by atoms with E-state index < -0.39 is 8.97 Å². The van der Waals surface area contributed by atoms with Crippen LogP contribution in [-0.4, -0.2) is 35.3 Å². The maximum Gasteiger partial charge on any atom is 0.596 e. The van der Waals surface area contributed by atoms with Crippen molar-refractivity contribution in [3.05, 3.63) is 0 Å². The molecular weight excluding hydrogens is 234 g/mol. The van der Waals surface area contributed by atoms with Crippen LogP contribution in [0.5, 0.6) is 0 Å². The van der Waals surface area contributed by atoms with Crippen molar-refractivity contribution in [1.29, 1.82) is 0 Å². The first-order valence-corrected chi connectivity index (χ1v) is 8.64. The molecule has 0 bridgehead atoms. The van der Waals surface area contributed by atoms with E-state index in [-0.39, 0.29) is 0 Å². The van der Waals surface area contributed by atoms with Gasteiger partial charge in [-0.2, -0.15) is 0 Å². The lowest BCUT2D eigenvalue weighted by Gasteiger charge is -2.29. The van der Waals surface area contributed by atoms with Crippen LogP contribution in [0.15, 0.2) is 0 Å². The summed E-state index contributed by atoms with van der Waals surface area (Å²) in [6.45, 7) is 11.4. The average Bonchev–Trinajstić information content (AvgIpc) is 2.37. The maximum absolute atomic E-state index is 5.87. The Labute approximate surface area is 107 Å². The Morgan fingerprint density at radius 1 is 0.706 bits per heavy atom. The second kappa shape index (κ2) is 11.2.